The van der Waals surface area contributed by atoms with Crippen molar-refractivity contribution >= 4 is 21.5 Å². The van der Waals surface area contributed by atoms with Gasteiger partial charge in [-0.1, -0.05) is 115 Å². The van der Waals surface area contributed by atoms with Crippen molar-refractivity contribution in [1.29, 1.82) is 10.5 Å². The molecule has 0 bridgehead atoms. The van der Waals surface area contributed by atoms with Gasteiger partial charge in [-0.25, -0.2) is 8.78 Å². The highest BCUT2D eigenvalue weighted by molar-refractivity contribution is 6.29. The standard InChI is InChI=1S/C41H22F2N2/c42-41(43)32-19-18-31-38-30(17-16-29(37(32)38)24-10-4-1-5-11-24)39-35(25-12-6-2-7-13-25)33-20-27(22-44)28(23-45)21-34(33)36(40(31)39)26-14-8-3-9-15-26/h1-21,41H. The molecule has 0 spiro atoms. The predicted octanol–water partition coefficient (Wildman–Crippen LogP) is 11.3. The van der Waals surface area contributed by atoms with Crippen LogP contribution in [0.4, 0.5) is 8.78 Å². The zero-order chi connectivity index (χ0) is 30.7. The summed E-state index contributed by atoms with van der Waals surface area (Å²) in [5.74, 6) is 0. The van der Waals surface area contributed by atoms with E-state index >= 15 is 0 Å². The average molecular weight is 581 g/mol. The minimum Gasteiger partial charge on any atom is -0.205 e. The third-order valence-corrected chi connectivity index (χ3v) is 8.86. The van der Waals surface area contributed by atoms with Crippen molar-refractivity contribution in [3.8, 4) is 67.8 Å². The molecular formula is C41H22F2N2. The van der Waals surface area contributed by atoms with Crippen LogP contribution < -0.4 is 0 Å². The van der Waals surface area contributed by atoms with Gasteiger partial charge in [0.15, 0.2) is 0 Å². The van der Waals surface area contributed by atoms with Crippen LogP contribution in [0.2, 0.25) is 0 Å². The highest BCUT2D eigenvalue weighted by Gasteiger charge is 2.33. The van der Waals surface area contributed by atoms with Gasteiger partial charge in [-0.3, -0.25) is 0 Å². The molecule has 0 aromatic heterocycles. The average Bonchev–Trinajstić information content (AvgIpc) is 3.42. The van der Waals surface area contributed by atoms with E-state index in [0.29, 0.717) is 16.5 Å². The molecule has 0 radical (unpaired) electrons. The molecule has 1 aliphatic carbocycles. The first-order chi connectivity index (χ1) is 22.1. The monoisotopic (exact) mass is 580 g/mol. The van der Waals surface area contributed by atoms with Gasteiger partial charge in [-0.2, -0.15) is 10.5 Å². The summed E-state index contributed by atoms with van der Waals surface area (Å²) in [7, 11) is 0. The van der Waals surface area contributed by atoms with Crippen LogP contribution in [0.1, 0.15) is 23.1 Å². The number of hydrogen-bond donors (Lipinski definition) is 0. The van der Waals surface area contributed by atoms with Crippen LogP contribution in [0.15, 0.2) is 127 Å². The lowest BCUT2D eigenvalue weighted by Gasteiger charge is -2.21. The zero-order valence-electron chi connectivity index (χ0n) is 23.9. The molecule has 8 rings (SSSR count). The summed E-state index contributed by atoms with van der Waals surface area (Å²) in [5.41, 5.74) is 9.52. The second-order valence-corrected chi connectivity index (χ2v) is 11.2. The van der Waals surface area contributed by atoms with Crippen LogP contribution in [-0.4, -0.2) is 0 Å². The lowest BCUT2D eigenvalue weighted by Crippen LogP contribution is -1.96. The fourth-order valence-electron chi connectivity index (χ4n) is 7.04. The van der Waals surface area contributed by atoms with E-state index in [1.54, 1.807) is 6.07 Å². The Balaban J connectivity index is 1.64. The number of halogens is 2. The number of fused-ring (bicyclic) bond motifs is 4. The minimum absolute atomic E-state index is 0.00660. The van der Waals surface area contributed by atoms with Crippen LogP contribution in [-0.2, 0) is 0 Å². The molecule has 0 fully saturated rings. The molecule has 0 unspecified atom stereocenters. The van der Waals surface area contributed by atoms with Crippen LogP contribution in [0.5, 0.6) is 0 Å². The number of alkyl halides is 2. The molecule has 210 valence electrons. The number of benzene rings is 7. The van der Waals surface area contributed by atoms with Gasteiger partial charge in [0.2, 0.25) is 0 Å². The van der Waals surface area contributed by atoms with Crippen LogP contribution in [0.25, 0.3) is 77.2 Å². The second kappa shape index (κ2) is 10.3. The zero-order valence-corrected chi connectivity index (χ0v) is 23.9. The Hall–Kier alpha value is -6.10. The van der Waals surface area contributed by atoms with Crippen molar-refractivity contribution in [2.24, 2.45) is 0 Å². The van der Waals surface area contributed by atoms with E-state index in [4.69, 9.17) is 0 Å². The van der Waals surface area contributed by atoms with Crippen molar-refractivity contribution < 1.29 is 8.78 Å². The van der Waals surface area contributed by atoms with E-state index in [0.717, 1.165) is 71.8 Å². The molecule has 0 heterocycles. The van der Waals surface area contributed by atoms with Gasteiger partial charge in [0.1, 0.15) is 12.1 Å². The Morgan fingerprint density at radius 2 is 0.867 bits per heavy atom. The van der Waals surface area contributed by atoms with Crippen molar-refractivity contribution in [1.82, 2.24) is 0 Å². The fraction of sp³-hybridized carbons (Fsp3) is 0.0244. The summed E-state index contributed by atoms with van der Waals surface area (Å²) < 4.78 is 29.7. The van der Waals surface area contributed by atoms with Gasteiger partial charge in [-0.05, 0) is 89.3 Å². The largest absolute Gasteiger partial charge is 0.264 e. The summed E-state index contributed by atoms with van der Waals surface area (Å²) >= 11 is 0. The molecule has 0 saturated heterocycles. The fourth-order valence-corrected chi connectivity index (χ4v) is 7.04. The number of nitrogens with zero attached hydrogens (tertiary/aromatic N) is 2. The predicted molar refractivity (Wildman–Crippen MR) is 177 cm³/mol. The Morgan fingerprint density at radius 1 is 0.444 bits per heavy atom. The van der Waals surface area contributed by atoms with Crippen LogP contribution >= 0.6 is 0 Å². The Labute approximate surface area is 258 Å². The quantitative estimate of drug-likeness (QED) is 0.208. The van der Waals surface area contributed by atoms with E-state index in [2.05, 4.69) is 18.2 Å². The van der Waals surface area contributed by atoms with Crippen LogP contribution in [0.3, 0.4) is 0 Å². The highest BCUT2D eigenvalue weighted by Crippen LogP contribution is 2.59. The molecule has 4 heteroatoms. The maximum Gasteiger partial charge on any atom is 0.264 e. The summed E-state index contributed by atoms with van der Waals surface area (Å²) in [6.07, 6.45) is -2.67. The van der Waals surface area contributed by atoms with Crippen molar-refractivity contribution in [3.05, 3.63) is 144 Å². The van der Waals surface area contributed by atoms with Crippen molar-refractivity contribution in [3.63, 3.8) is 0 Å². The summed E-state index contributed by atoms with van der Waals surface area (Å²) in [5, 5.41) is 23.1. The van der Waals surface area contributed by atoms with E-state index < -0.39 is 6.43 Å². The third-order valence-electron chi connectivity index (χ3n) is 8.86. The first-order valence-electron chi connectivity index (χ1n) is 14.6. The normalized spacial score (nSPS) is 11.5. The lowest BCUT2D eigenvalue weighted by molar-refractivity contribution is 0.153. The summed E-state index contributed by atoms with van der Waals surface area (Å²) in [6.45, 7) is 0. The molecule has 0 atom stereocenters. The number of hydrogen-bond acceptors (Lipinski definition) is 2. The van der Waals surface area contributed by atoms with Gasteiger partial charge in [0, 0.05) is 5.56 Å². The summed E-state index contributed by atoms with van der Waals surface area (Å²) in [4.78, 5) is 0. The van der Waals surface area contributed by atoms with Gasteiger partial charge < -0.3 is 0 Å². The maximum absolute atomic E-state index is 14.8. The Bertz CT molecular complexity index is 2290. The molecule has 1 aliphatic rings. The molecule has 7 aromatic rings. The minimum atomic E-state index is -2.67. The van der Waals surface area contributed by atoms with E-state index in [1.165, 1.54) is 0 Å². The molecule has 45 heavy (non-hydrogen) atoms. The van der Waals surface area contributed by atoms with Gasteiger partial charge in [0.05, 0.1) is 11.1 Å². The summed E-state index contributed by atoms with van der Waals surface area (Å²) in [6, 6.07) is 45.0. The number of nitriles is 2. The molecule has 0 N–H and O–H groups in total. The molecular weight excluding hydrogens is 558 g/mol. The molecule has 7 aromatic carbocycles. The first kappa shape index (κ1) is 26.5. The molecule has 0 amide bonds. The van der Waals surface area contributed by atoms with Gasteiger partial charge in [0.25, 0.3) is 6.43 Å². The second-order valence-electron chi connectivity index (χ2n) is 11.2. The van der Waals surface area contributed by atoms with Gasteiger partial charge >= 0.3 is 0 Å². The lowest BCUT2D eigenvalue weighted by atomic mass is 9.81. The van der Waals surface area contributed by atoms with E-state index in [-0.39, 0.29) is 5.56 Å². The molecule has 0 saturated carbocycles. The third kappa shape index (κ3) is 3.90. The van der Waals surface area contributed by atoms with Crippen LogP contribution in [0, 0.1) is 22.7 Å². The van der Waals surface area contributed by atoms with Gasteiger partial charge in [-0.15, -0.1) is 0 Å². The SMILES string of the molecule is N#Cc1cc2c(-c3ccccc3)c3c(c(-c4ccccc4)c2cc1C#N)-c1ccc(C(F)F)c2c(-c4ccccc4)ccc-3c12. The first-order valence-corrected chi connectivity index (χ1v) is 14.6. The van der Waals surface area contributed by atoms with Crippen molar-refractivity contribution in [2.75, 3.05) is 0 Å². The molecule has 0 aliphatic heterocycles. The smallest absolute Gasteiger partial charge is 0.205 e. The van der Waals surface area contributed by atoms with E-state index in [1.807, 2.05) is 115 Å². The number of rotatable bonds is 4. The Kier molecular flexibility index (Phi) is 6.05. The highest BCUT2D eigenvalue weighted by atomic mass is 19.3. The van der Waals surface area contributed by atoms with E-state index in [9.17, 15) is 19.3 Å². The molecule has 2 nitrogen and oxygen atoms in total. The maximum atomic E-state index is 14.8. The Morgan fingerprint density at radius 3 is 1.31 bits per heavy atom. The van der Waals surface area contributed by atoms with Crippen molar-refractivity contribution in [2.45, 2.75) is 6.43 Å². The topological polar surface area (TPSA) is 47.6 Å².